The molecule has 102 valence electrons. The molecule has 0 radical (unpaired) electrons. The van der Waals surface area contributed by atoms with Crippen LogP contribution in [0.1, 0.15) is 16.8 Å². The van der Waals surface area contributed by atoms with E-state index in [4.69, 9.17) is 0 Å². The van der Waals surface area contributed by atoms with Crippen LogP contribution in [0, 0.1) is 0 Å². The van der Waals surface area contributed by atoms with E-state index in [9.17, 15) is 9.90 Å². The van der Waals surface area contributed by atoms with Crippen molar-refractivity contribution in [2.45, 2.75) is 6.42 Å². The summed E-state index contributed by atoms with van der Waals surface area (Å²) >= 11 is 0. The minimum absolute atomic E-state index is 0.00807. The lowest BCUT2D eigenvalue weighted by atomic mass is 10.2. The second kappa shape index (κ2) is 6.63. The first-order chi connectivity index (χ1) is 9.27. The number of hydrogen-bond donors (Lipinski definition) is 4. The molecule has 0 aromatic heterocycles. The summed E-state index contributed by atoms with van der Waals surface area (Å²) in [5, 5.41) is 18.5. The van der Waals surface area contributed by atoms with Crippen molar-refractivity contribution in [3.8, 4) is 5.75 Å². The highest BCUT2D eigenvalue weighted by Gasteiger charge is 2.09. The van der Waals surface area contributed by atoms with Gasteiger partial charge in [0.15, 0.2) is 5.96 Å². The van der Waals surface area contributed by atoms with Gasteiger partial charge in [0.2, 0.25) is 0 Å². The minimum Gasteiger partial charge on any atom is -0.507 e. The normalized spacial score (nSPS) is 14.2. The van der Waals surface area contributed by atoms with Gasteiger partial charge in [-0.2, -0.15) is 0 Å². The Morgan fingerprint density at radius 1 is 1.37 bits per heavy atom. The number of para-hydroxylation sites is 1. The summed E-state index contributed by atoms with van der Waals surface area (Å²) in [4.78, 5) is 16.0. The molecular formula is C13H18N4O2. The number of benzene rings is 1. The fraction of sp³-hybridized carbons (Fsp3) is 0.385. The Morgan fingerprint density at radius 3 is 2.95 bits per heavy atom. The molecule has 6 heteroatoms. The van der Waals surface area contributed by atoms with E-state index < -0.39 is 0 Å². The Labute approximate surface area is 111 Å². The van der Waals surface area contributed by atoms with Crippen LogP contribution in [0.15, 0.2) is 29.3 Å². The van der Waals surface area contributed by atoms with Gasteiger partial charge in [-0.05, 0) is 18.6 Å². The summed E-state index contributed by atoms with van der Waals surface area (Å²) in [7, 11) is 0. The lowest BCUT2D eigenvalue weighted by Gasteiger charge is -2.16. The molecule has 0 unspecified atom stereocenters. The summed E-state index contributed by atoms with van der Waals surface area (Å²) < 4.78 is 0. The van der Waals surface area contributed by atoms with Crippen molar-refractivity contribution >= 4 is 11.9 Å². The average Bonchev–Trinajstić information content (AvgIpc) is 2.45. The third-order valence-corrected chi connectivity index (χ3v) is 2.75. The molecule has 1 amide bonds. The summed E-state index contributed by atoms with van der Waals surface area (Å²) in [6.45, 7) is 2.81. The van der Waals surface area contributed by atoms with Crippen LogP contribution in [0.5, 0.6) is 5.75 Å². The van der Waals surface area contributed by atoms with Crippen LogP contribution in [0.3, 0.4) is 0 Å². The number of nitrogens with zero attached hydrogens (tertiary/aromatic N) is 1. The van der Waals surface area contributed by atoms with E-state index in [2.05, 4.69) is 20.9 Å². The van der Waals surface area contributed by atoms with Gasteiger partial charge in [0.05, 0.1) is 5.56 Å². The number of guanidine groups is 1. The van der Waals surface area contributed by atoms with Crippen molar-refractivity contribution in [2.24, 2.45) is 4.99 Å². The molecule has 1 aliphatic heterocycles. The quantitative estimate of drug-likeness (QED) is 0.578. The molecule has 0 aliphatic carbocycles. The number of carbonyl (C=O) groups is 1. The number of aromatic hydroxyl groups is 1. The Bertz CT molecular complexity index is 473. The molecule has 0 saturated carbocycles. The van der Waals surface area contributed by atoms with E-state index >= 15 is 0 Å². The molecule has 0 saturated heterocycles. The van der Waals surface area contributed by atoms with E-state index in [1.807, 2.05) is 0 Å². The molecule has 0 bridgehead atoms. The molecule has 1 aliphatic rings. The SMILES string of the molecule is O=C(NCCNC1=NCCCN1)c1ccccc1O. The lowest BCUT2D eigenvalue weighted by Crippen LogP contribution is -2.43. The molecule has 1 aromatic rings. The fourth-order valence-electron chi connectivity index (χ4n) is 1.77. The zero-order valence-corrected chi connectivity index (χ0v) is 10.6. The predicted molar refractivity (Wildman–Crippen MR) is 73.4 cm³/mol. The van der Waals surface area contributed by atoms with Crippen molar-refractivity contribution in [2.75, 3.05) is 26.2 Å². The summed E-state index contributed by atoms with van der Waals surface area (Å²) in [6.07, 6.45) is 1.05. The van der Waals surface area contributed by atoms with Gasteiger partial charge in [-0.15, -0.1) is 0 Å². The van der Waals surface area contributed by atoms with E-state index in [0.717, 1.165) is 25.5 Å². The van der Waals surface area contributed by atoms with Gasteiger partial charge in [-0.3, -0.25) is 9.79 Å². The van der Waals surface area contributed by atoms with Gasteiger partial charge in [-0.25, -0.2) is 0 Å². The number of aliphatic imine (C=N–C) groups is 1. The molecule has 6 nitrogen and oxygen atoms in total. The monoisotopic (exact) mass is 262 g/mol. The fourth-order valence-corrected chi connectivity index (χ4v) is 1.77. The maximum Gasteiger partial charge on any atom is 0.255 e. The summed E-state index contributed by atoms with van der Waals surface area (Å²) in [5.41, 5.74) is 0.288. The Hall–Kier alpha value is -2.24. The number of phenols is 1. The molecule has 0 atom stereocenters. The molecular weight excluding hydrogens is 244 g/mol. The number of nitrogens with one attached hydrogen (secondary N) is 3. The molecule has 2 rings (SSSR count). The Morgan fingerprint density at radius 2 is 2.21 bits per heavy atom. The van der Waals surface area contributed by atoms with Gasteiger partial charge >= 0.3 is 0 Å². The van der Waals surface area contributed by atoms with Gasteiger partial charge in [0.25, 0.3) is 5.91 Å². The van der Waals surface area contributed by atoms with Crippen LogP contribution >= 0.6 is 0 Å². The first-order valence-corrected chi connectivity index (χ1v) is 6.36. The molecule has 4 N–H and O–H groups in total. The zero-order valence-electron chi connectivity index (χ0n) is 10.6. The number of carbonyl (C=O) groups excluding carboxylic acids is 1. The first kappa shape index (κ1) is 13.2. The standard InChI is InChI=1S/C13H18N4O2/c18-11-5-2-1-4-10(11)12(19)14-8-9-17-13-15-6-3-7-16-13/h1-2,4-5,18H,3,6-9H2,(H,14,19)(H2,15,16,17). The van der Waals surface area contributed by atoms with Crippen LogP contribution in [0.25, 0.3) is 0 Å². The van der Waals surface area contributed by atoms with Gasteiger partial charge < -0.3 is 21.1 Å². The van der Waals surface area contributed by atoms with Gasteiger partial charge in [0, 0.05) is 26.2 Å². The van der Waals surface area contributed by atoms with Crippen LogP contribution in [-0.2, 0) is 0 Å². The zero-order chi connectivity index (χ0) is 13.5. The maximum atomic E-state index is 11.8. The highest BCUT2D eigenvalue weighted by molar-refractivity contribution is 5.96. The predicted octanol–water partition coefficient (Wildman–Crippen LogP) is 0.0609. The van der Waals surface area contributed by atoms with Crippen LogP contribution in [0.2, 0.25) is 0 Å². The van der Waals surface area contributed by atoms with E-state index in [0.29, 0.717) is 13.1 Å². The highest BCUT2D eigenvalue weighted by Crippen LogP contribution is 2.14. The summed E-state index contributed by atoms with van der Waals surface area (Å²) in [6, 6.07) is 6.48. The highest BCUT2D eigenvalue weighted by atomic mass is 16.3. The molecule has 0 spiro atoms. The number of amides is 1. The molecule has 1 heterocycles. The van der Waals surface area contributed by atoms with Crippen molar-refractivity contribution in [3.05, 3.63) is 29.8 Å². The molecule has 0 fully saturated rings. The summed E-state index contributed by atoms with van der Waals surface area (Å²) in [5.74, 6) is 0.493. The number of rotatable bonds is 4. The van der Waals surface area contributed by atoms with Crippen LogP contribution < -0.4 is 16.0 Å². The molecule has 1 aromatic carbocycles. The van der Waals surface area contributed by atoms with Gasteiger partial charge in [0.1, 0.15) is 5.75 Å². The second-order valence-electron chi connectivity index (χ2n) is 4.21. The van der Waals surface area contributed by atoms with Gasteiger partial charge in [-0.1, -0.05) is 12.1 Å². The molecule has 19 heavy (non-hydrogen) atoms. The second-order valence-corrected chi connectivity index (χ2v) is 4.21. The third kappa shape index (κ3) is 3.87. The topological polar surface area (TPSA) is 85.8 Å². The number of hydrogen-bond acceptors (Lipinski definition) is 5. The Balaban J connectivity index is 1.72. The average molecular weight is 262 g/mol. The number of phenolic OH excluding ortho intramolecular Hbond substituents is 1. The van der Waals surface area contributed by atoms with E-state index in [-0.39, 0.29) is 17.2 Å². The van der Waals surface area contributed by atoms with Crippen LogP contribution in [-0.4, -0.2) is 43.2 Å². The third-order valence-electron chi connectivity index (χ3n) is 2.75. The van der Waals surface area contributed by atoms with Crippen LogP contribution in [0.4, 0.5) is 0 Å². The smallest absolute Gasteiger partial charge is 0.255 e. The minimum atomic E-state index is -0.279. The van der Waals surface area contributed by atoms with Crippen molar-refractivity contribution in [3.63, 3.8) is 0 Å². The van der Waals surface area contributed by atoms with E-state index in [1.165, 1.54) is 6.07 Å². The van der Waals surface area contributed by atoms with Crippen molar-refractivity contribution in [1.29, 1.82) is 0 Å². The Kier molecular flexibility index (Phi) is 4.60. The largest absolute Gasteiger partial charge is 0.507 e. The lowest BCUT2D eigenvalue weighted by molar-refractivity contribution is 0.0951. The van der Waals surface area contributed by atoms with E-state index in [1.54, 1.807) is 18.2 Å². The maximum absolute atomic E-state index is 11.8. The first-order valence-electron chi connectivity index (χ1n) is 6.36. The van der Waals surface area contributed by atoms with Crippen molar-refractivity contribution < 1.29 is 9.90 Å². The van der Waals surface area contributed by atoms with Crippen molar-refractivity contribution in [1.82, 2.24) is 16.0 Å².